The molecule has 0 aliphatic heterocycles. The monoisotopic (exact) mass is 435 g/mol. The minimum Gasteiger partial charge on any atom is -0.456 e. The van der Waals surface area contributed by atoms with Crippen LogP contribution in [0.1, 0.15) is 39.4 Å². The van der Waals surface area contributed by atoms with E-state index in [0.29, 0.717) is 0 Å². The van der Waals surface area contributed by atoms with Gasteiger partial charge in [-0.25, -0.2) is 4.79 Å². The van der Waals surface area contributed by atoms with Crippen molar-refractivity contribution in [2.45, 2.75) is 44.3 Å². The van der Waals surface area contributed by atoms with E-state index in [9.17, 15) is 18.0 Å². The number of carbonyl (C=O) groups excluding carboxylic acids is 2. The van der Waals surface area contributed by atoms with Crippen molar-refractivity contribution in [3.05, 3.63) is 60.2 Å². The first kappa shape index (κ1) is 23.2. The number of carbonyl (C=O) groups is 2. The zero-order valence-electron chi connectivity index (χ0n) is 17.2. The van der Waals surface area contributed by atoms with Gasteiger partial charge in [-0.3, -0.25) is 4.79 Å². The van der Waals surface area contributed by atoms with Gasteiger partial charge < -0.3 is 19.0 Å². The fourth-order valence-electron chi connectivity index (χ4n) is 2.48. The number of ether oxygens (including phenoxy) is 2. The Balaban J connectivity index is 2.27. The van der Waals surface area contributed by atoms with E-state index < -0.39 is 33.9 Å². The Morgan fingerprint density at radius 1 is 1.00 bits per heavy atom. The van der Waals surface area contributed by atoms with Crippen LogP contribution in [0.2, 0.25) is 0 Å². The minimum absolute atomic E-state index is 0.0152. The number of benzene rings is 2. The van der Waals surface area contributed by atoms with Gasteiger partial charge in [-0.15, -0.1) is 0 Å². The van der Waals surface area contributed by atoms with E-state index in [-0.39, 0.29) is 22.8 Å². The average molecular weight is 435 g/mol. The Labute approximate surface area is 176 Å². The van der Waals surface area contributed by atoms with Crippen molar-refractivity contribution in [1.82, 2.24) is 5.32 Å². The van der Waals surface area contributed by atoms with Crippen molar-refractivity contribution >= 4 is 22.2 Å². The van der Waals surface area contributed by atoms with Crippen molar-refractivity contribution < 1.29 is 31.7 Å². The third-order valence-electron chi connectivity index (χ3n) is 3.64. The molecule has 0 aliphatic carbocycles. The third-order valence-corrected chi connectivity index (χ3v) is 4.88. The lowest BCUT2D eigenvalue weighted by Gasteiger charge is -2.23. The number of alkyl carbamates (subject to hydrolysis) is 1. The van der Waals surface area contributed by atoms with Gasteiger partial charge >= 0.3 is 22.2 Å². The molecule has 2 aromatic rings. The highest BCUT2D eigenvalue weighted by Gasteiger charge is 2.25. The number of nitrogens with one attached hydrogen (secondary N) is 1. The molecule has 1 unspecified atom stereocenters. The molecule has 0 saturated carbocycles. The van der Waals surface area contributed by atoms with Crippen LogP contribution in [0.25, 0.3) is 0 Å². The number of para-hydroxylation sites is 1. The maximum absolute atomic E-state index is 12.6. The van der Waals surface area contributed by atoms with Crippen LogP contribution in [0.5, 0.6) is 5.75 Å². The molecule has 0 saturated heterocycles. The van der Waals surface area contributed by atoms with E-state index in [1.54, 1.807) is 57.2 Å². The predicted molar refractivity (Wildman–Crippen MR) is 109 cm³/mol. The SMILES string of the molecule is CC(=O)OC(CNC(=O)OC(C)(C)C)c1ccccc1OS(=O)(=O)c1ccccc1. The second-order valence-corrected chi connectivity index (χ2v) is 8.92. The van der Waals surface area contributed by atoms with Crippen LogP contribution < -0.4 is 9.50 Å². The van der Waals surface area contributed by atoms with Gasteiger partial charge in [-0.2, -0.15) is 8.42 Å². The summed E-state index contributed by atoms with van der Waals surface area (Å²) < 4.78 is 41.0. The zero-order valence-corrected chi connectivity index (χ0v) is 18.1. The van der Waals surface area contributed by atoms with Gasteiger partial charge in [0.25, 0.3) is 0 Å². The fourth-order valence-corrected chi connectivity index (χ4v) is 3.46. The molecule has 30 heavy (non-hydrogen) atoms. The van der Waals surface area contributed by atoms with Crippen LogP contribution in [-0.2, 0) is 24.4 Å². The number of amides is 1. The van der Waals surface area contributed by atoms with E-state index in [1.807, 2.05) is 0 Å². The molecular formula is C21H25NO7S. The van der Waals surface area contributed by atoms with E-state index >= 15 is 0 Å². The van der Waals surface area contributed by atoms with E-state index in [1.165, 1.54) is 25.1 Å². The Morgan fingerprint density at radius 2 is 1.60 bits per heavy atom. The summed E-state index contributed by atoms with van der Waals surface area (Å²) >= 11 is 0. The fraction of sp³-hybridized carbons (Fsp3) is 0.333. The highest BCUT2D eigenvalue weighted by atomic mass is 32.2. The molecule has 2 aromatic carbocycles. The molecule has 162 valence electrons. The standard InChI is InChI=1S/C21H25NO7S/c1-15(23)27-19(14-22-20(24)28-21(2,3)4)17-12-8-9-13-18(17)29-30(25,26)16-10-6-5-7-11-16/h5-13,19H,14H2,1-4H3,(H,22,24). The third kappa shape index (κ3) is 7.07. The van der Waals surface area contributed by atoms with Crippen LogP contribution in [0.4, 0.5) is 4.79 Å². The molecule has 1 amide bonds. The van der Waals surface area contributed by atoms with Crippen LogP contribution in [0, 0.1) is 0 Å². The van der Waals surface area contributed by atoms with Crippen molar-refractivity contribution in [3.8, 4) is 5.75 Å². The van der Waals surface area contributed by atoms with Gasteiger partial charge in [0.05, 0.1) is 6.54 Å². The zero-order chi connectivity index (χ0) is 22.4. The van der Waals surface area contributed by atoms with Crippen LogP contribution >= 0.6 is 0 Å². The summed E-state index contributed by atoms with van der Waals surface area (Å²) in [6, 6.07) is 13.9. The molecule has 8 nitrogen and oxygen atoms in total. The summed E-state index contributed by atoms with van der Waals surface area (Å²) in [5.74, 6) is -0.620. The second-order valence-electron chi connectivity index (χ2n) is 7.37. The molecule has 0 fully saturated rings. The first-order chi connectivity index (χ1) is 14.0. The van der Waals surface area contributed by atoms with Gasteiger partial charge in [0.1, 0.15) is 22.4 Å². The van der Waals surface area contributed by atoms with E-state index in [0.717, 1.165) is 0 Å². The highest BCUT2D eigenvalue weighted by Crippen LogP contribution is 2.30. The Morgan fingerprint density at radius 3 is 2.20 bits per heavy atom. The largest absolute Gasteiger partial charge is 0.456 e. The Hall–Kier alpha value is -3.07. The lowest BCUT2D eigenvalue weighted by atomic mass is 10.1. The summed E-state index contributed by atoms with van der Waals surface area (Å²) in [5.41, 5.74) is -0.422. The number of hydrogen-bond donors (Lipinski definition) is 1. The van der Waals surface area contributed by atoms with Crippen LogP contribution in [0.15, 0.2) is 59.5 Å². The summed E-state index contributed by atoms with van der Waals surface area (Å²) in [6.45, 7) is 6.22. The van der Waals surface area contributed by atoms with Gasteiger partial charge in [0.2, 0.25) is 0 Å². The van der Waals surface area contributed by atoms with E-state index in [4.69, 9.17) is 13.7 Å². The Kier molecular flexibility index (Phi) is 7.44. The van der Waals surface area contributed by atoms with Crippen LogP contribution in [-0.4, -0.2) is 32.6 Å². The van der Waals surface area contributed by atoms with Crippen molar-refractivity contribution in [1.29, 1.82) is 0 Å². The lowest BCUT2D eigenvalue weighted by Crippen LogP contribution is -2.35. The number of rotatable bonds is 7. The molecular weight excluding hydrogens is 410 g/mol. The maximum atomic E-state index is 12.6. The predicted octanol–water partition coefficient (Wildman–Crippen LogP) is 3.58. The molecule has 0 spiro atoms. The molecule has 0 radical (unpaired) electrons. The second kappa shape index (κ2) is 9.62. The van der Waals surface area contributed by atoms with E-state index in [2.05, 4.69) is 5.32 Å². The van der Waals surface area contributed by atoms with Crippen molar-refractivity contribution in [2.24, 2.45) is 0 Å². The quantitative estimate of drug-likeness (QED) is 0.523. The maximum Gasteiger partial charge on any atom is 0.407 e. The van der Waals surface area contributed by atoms with Crippen molar-refractivity contribution in [2.75, 3.05) is 6.54 Å². The topological polar surface area (TPSA) is 108 Å². The molecule has 2 rings (SSSR count). The smallest absolute Gasteiger partial charge is 0.407 e. The molecule has 0 aromatic heterocycles. The molecule has 9 heteroatoms. The van der Waals surface area contributed by atoms with Crippen LogP contribution in [0.3, 0.4) is 0 Å². The normalized spacial score (nSPS) is 12.5. The van der Waals surface area contributed by atoms with Gasteiger partial charge in [0.15, 0.2) is 0 Å². The first-order valence-electron chi connectivity index (χ1n) is 9.20. The minimum atomic E-state index is -4.11. The van der Waals surface area contributed by atoms with Gasteiger partial charge in [-0.1, -0.05) is 36.4 Å². The molecule has 0 heterocycles. The summed E-state index contributed by atoms with van der Waals surface area (Å²) in [7, 11) is -4.11. The number of esters is 1. The summed E-state index contributed by atoms with van der Waals surface area (Å²) in [4.78, 5) is 23.6. The highest BCUT2D eigenvalue weighted by molar-refractivity contribution is 7.87. The Bertz CT molecular complexity index is 982. The van der Waals surface area contributed by atoms with Gasteiger partial charge in [0, 0.05) is 12.5 Å². The molecule has 1 atom stereocenters. The number of hydrogen-bond acceptors (Lipinski definition) is 7. The lowest BCUT2D eigenvalue weighted by molar-refractivity contribution is -0.146. The summed E-state index contributed by atoms with van der Waals surface area (Å²) in [6.07, 6.45) is -1.69. The first-order valence-corrected chi connectivity index (χ1v) is 10.6. The average Bonchev–Trinajstić information content (AvgIpc) is 2.64. The van der Waals surface area contributed by atoms with Gasteiger partial charge in [-0.05, 0) is 39.0 Å². The molecule has 0 bridgehead atoms. The molecule has 1 N–H and O–H groups in total. The summed E-state index contributed by atoms with van der Waals surface area (Å²) in [5, 5.41) is 2.52. The molecule has 0 aliphatic rings. The van der Waals surface area contributed by atoms with Crippen molar-refractivity contribution in [3.63, 3.8) is 0 Å².